The second kappa shape index (κ2) is 6.90. The lowest BCUT2D eigenvalue weighted by molar-refractivity contribution is 0.0528. The third-order valence-corrected chi connectivity index (χ3v) is 4.52. The van der Waals surface area contributed by atoms with Crippen LogP contribution in [0.25, 0.3) is 5.65 Å². The van der Waals surface area contributed by atoms with Crippen LogP contribution < -0.4 is 0 Å². The third kappa shape index (κ3) is 3.27. The second-order valence-corrected chi connectivity index (χ2v) is 6.25. The quantitative estimate of drug-likeness (QED) is 0.697. The van der Waals surface area contributed by atoms with Crippen LogP contribution in [0.4, 0.5) is 0 Å². The number of fused-ring (bicyclic) bond motifs is 1. The van der Waals surface area contributed by atoms with Gasteiger partial charge < -0.3 is 9.84 Å². The molecule has 8 heteroatoms. The molecule has 0 fully saturated rings. The first-order valence-corrected chi connectivity index (χ1v) is 8.35. The van der Waals surface area contributed by atoms with Crippen molar-refractivity contribution in [2.45, 2.75) is 20.3 Å². The van der Waals surface area contributed by atoms with Gasteiger partial charge >= 0.3 is 5.97 Å². The van der Waals surface area contributed by atoms with E-state index < -0.39 is 5.97 Å². The van der Waals surface area contributed by atoms with Crippen LogP contribution in [0.1, 0.15) is 34.1 Å². The fourth-order valence-electron chi connectivity index (χ4n) is 2.53. The summed E-state index contributed by atoms with van der Waals surface area (Å²) in [6.45, 7) is 3.72. The number of ether oxygens (including phenoxy) is 1. The molecule has 0 unspecified atom stereocenters. The van der Waals surface area contributed by atoms with Gasteiger partial charge in [-0.2, -0.15) is 9.61 Å². The molecule has 2 heterocycles. The highest BCUT2D eigenvalue weighted by molar-refractivity contribution is 6.42. The number of carbonyl (C=O) groups excluding carboxylic acids is 1. The summed E-state index contributed by atoms with van der Waals surface area (Å²) < 4.78 is 6.21. The van der Waals surface area contributed by atoms with E-state index in [2.05, 4.69) is 10.1 Å². The summed E-state index contributed by atoms with van der Waals surface area (Å²) in [5, 5.41) is 15.5. The lowest BCUT2D eigenvalue weighted by Gasteiger charge is -2.10. The molecule has 0 bridgehead atoms. The van der Waals surface area contributed by atoms with Gasteiger partial charge in [-0.15, -0.1) is 0 Å². The topological polar surface area (TPSA) is 76.7 Å². The van der Waals surface area contributed by atoms with Crippen LogP contribution in [-0.2, 0) is 11.2 Å². The zero-order valence-corrected chi connectivity index (χ0v) is 15.1. The number of esters is 1. The molecular formula is C17H15Cl2N3O3. The fraction of sp³-hybridized carbons (Fsp3) is 0.235. The molecule has 0 radical (unpaired) electrons. The standard InChI is InChI=1S/C17H15Cl2N3O3/c1-3-25-17(24)12-8-20-22-15(12)21-9(2)11(16(22)23)6-10-4-5-13(18)14(19)7-10/h4-5,7-8,23H,3,6H2,1-2H3. The molecule has 2 aromatic heterocycles. The largest absolute Gasteiger partial charge is 0.493 e. The Morgan fingerprint density at radius 2 is 2.08 bits per heavy atom. The van der Waals surface area contributed by atoms with Crippen molar-refractivity contribution in [2.75, 3.05) is 6.61 Å². The van der Waals surface area contributed by atoms with Crippen molar-refractivity contribution in [1.29, 1.82) is 0 Å². The summed E-state index contributed by atoms with van der Waals surface area (Å²) >= 11 is 12.0. The summed E-state index contributed by atoms with van der Waals surface area (Å²) in [5.41, 5.74) is 2.51. The molecule has 0 amide bonds. The average Bonchev–Trinajstić information content (AvgIpc) is 2.99. The molecule has 25 heavy (non-hydrogen) atoms. The third-order valence-electron chi connectivity index (χ3n) is 3.78. The number of aryl methyl sites for hydroxylation is 1. The van der Waals surface area contributed by atoms with Gasteiger partial charge in [0.15, 0.2) is 5.65 Å². The Bertz CT molecular complexity index is 969. The van der Waals surface area contributed by atoms with Gasteiger partial charge in [0.25, 0.3) is 0 Å². The average molecular weight is 380 g/mol. The number of hydrogen-bond acceptors (Lipinski definition) is 5. The van der Waals surface area contributed by atoms with Crippen molar-refractivity contribution in [3.8, 4) is 5.88 Å². The van der Waals surface area contributed by atoms with Crippen molar-refractivity contribution in [1.82, 2.24) is 14.6 Å². The van der Waals surface area contributed by atoms with Gasteiger partial charge in [-0.3, -0.25) is 0 Å². The zero-order valence-electron chi connectivity index (χ0n) is 13.6. The van der Waals surface area contributed by atoms with E-state index in [0.29, 0.717) is 27.7 Å². The number of aromatic nitrogens is 3. The van der Waals surface area contributed by atoms with Gasteiger partial charge in [0, 0.05) is 17.7 Å². The Morgan fingerprint density at radius 3 is 2.76 bits per heavy atom. The molecule has 0 aliphatic carbocycles. The predicted molar refractivity (Wildman–Crippen MR) is 94.6 cm³/mol. The number of aromatic hydroxyl groups is 1. The highest BCUT2D eigenvalue weighted by Crippen LogP contribution is 2.28. The number of hydrogen-bond donors (Lipinski definition) is 1. The van der Waals surface area contributed by atoms with Gasteiger partial charge in [-0.05, 0) is 31.5 Å². The molecule has 0 aliphatic heterocycles. The molecule has 0 saturated heterocycles. The zero-order chi connectivity index (χ0) is 18.1. The van der Waals surface area contributed by atoms with Crippen LogP contribution >= 0.6 is 23.2 Å². The van der Waals surface area contributed by atoms with Crippen LogP contribution in [0, 0.1) is 6.92 Å². The van der Waals surface area contributed by atoms with Crippen LogP contribution in [0.2, 0.25) is 10.0 Å². The molecular weight excluding hydrogens is 365 g/mol. The van der Waals surface area contributed by atoms with Crippen LogP contribution in [0.5, 0.6) is 5.88 Å². The van der Waals surface area contributed by atoms with Gasteiger partial charge in [0.1, 0.15) is 5.56 Å². The van der Waals surface area contributed by atoms with Gasteiger partial charge in [0.05, 0.1) is 22.8 Å². The Balaban J connectivity index is 2.05. The van der Waals surface area contributed by atoms with E-state index >= 15 is 0 Å². The summed E-state index contributed by atoms with van der Waals surface area (Å²) in [4.78, 5) is 16.4. The van der Waals surface area contributed by atoms with Gasteiger partial charge in [0.2, 0.25) is 5.88 Å². The predicted octanol–water partition coefficient (Wildman–Crippen LogP) is 3.82. The molecule has 0 aliphatic rings. The summed E-state index contributed by atoms with van der Waals surface area (Å²) in [5.74, 6) is -0.606. The highest BCUT2D eigenvalue weighted by atomic mass is 35.5. The molecule has 1 N–H and O–H groups in total. The number of halogens is 2. The number of carbonyl (C=O) groups is 1. The maximum absolute atomic E-state index is 12.0. The van der Waals surface area contributed by atoms with E-state index in [1.165, 1.54) is 10.7 Å². The summed E-state index contributed by atoms with van der Waals surface area (Å²) in [6, 6.07) is 5.26. The van der Waals surface area contributed by atoms with Crippen molar-refractivity contribution in [3.05, 3.63) is 56.8 Å². The van der Waals surface area contributed by atoms with E-state index in [1.807, 2.05) is 6.07 Å². The highest BCUT2D eigenvalue weighted by Gasteiger charge is 2.20. The van der Waals surface area contributed by atoms with Crippen molar-refractivity contribution in [2.24, 2.45) is 0 Å². The SMILES string of the molecule is CCOC(=O)c1cnn2c(O)c(Cc3ccc(Cl)c(Cl)c3)c(C)nc12. The molecule has 1 aromatic carbocycles. The van der Waals surface area contributed by atoms with Gasteiger partial charge in [-0.25, -0.2) is 9.78 Å². The van der Waals surface area contributed by atoms with Crippen molar-refractivity contribution in [3.63, 3.8) is 0 Å². The minimum Gasteiger partial charge on any atom is -0.493 e. The monoisotopic (exact) mass is 379 g/mol. The smallest absolute Gasteiger partial charge is 0.343 e. The summed E-state index contributed by atoms with van der Waals surface area (Å²) in [7, 11) is 0. The minimum absolute atomic E-state index is 0.0795. The maximum Gasteiger partial charge on any atom is 0.343 e. The number of benzene rings is 1. The van der Waals surface area contributed by atoms with E-state index in [4.69, 9.17) is 27.9 Å². The van der Waals surface area contributed by atoms with Crippen molar-refractivity contribution >= 4 is 34.8 Å². The van der Waals surface area contributed by atoms with Crippen LogP contribution in [0.15, 0.2) is 24.4 Å². The Hall–Kier alpha value is -2.31. The lowest BCUT2D eigenvalue weighted by Crippen LogP contribution is -2.07. The first kappa shape index (κ1) is 17.5. The normalized spacial score (nSPS) is 11.0. The lowest BCUT2D eigenvalue weighted by atomic mass is 10.0. The minimum atomic E-state index is -0.527. The number of nitrogens with zero attached hydrogens (tertiary/aromatic N) is 3. The van der Waals surface area contributed by atoms with Crippen molar-refractivity contribution < 1.29 is 14.6 Å². The van der Waals surface area contributed by atoms with E-state index in [1.54, 1.807) is 26.0 Å². The first-order valence-electron chi connectivity index (χ1n) is 7.59. The molecule has 0 saturated carbocycles. The first-order chi connectivity index (χ1) is 11.9. The van der Waals surface area contributed by atoms with E-state index in [-0.39, 0.29) is 23.7 Å². The molecule has 6 nitrogen and oxygen atoms in total. The summed E-state index contributed by atoms with van der Waals surface area (Å²) in [6.07, 6.45) is 1.73. The van der Waals surface area contributed by atoms with E-state index in [9.17, 15) is 9.90 Å². The second-order valence-electron chi connectivity index (χ2n) is 5.44. The Kier molecular flexibility index (Phi) is 4.83. The number of rotatable bonds is 4. The Morgan fingerprint density at radius 1 is 1.32 bits per heavy atom. The molecule has 0 atom stereocenters. The maximum atomic E-state index is 12.0. The molecule has 0 spiro atoms. The molecule has 3 aromatic rings. The Labute approximate surface area is 154 Å². The van der Waals surface area contributed by atoms with Crippen LogP contribution in [-0.4, -0.2) is 32.3 Å². The van der Waals surface area contributed by atoms with E-state index in [0.717, 1.165) is 5.56 Å². The molecule has 3 rings (SSSR count). The molecule has 130 valence electrons. The fourth-order valence-corrected chi connectivity index (χ4v) is 2.85. The van der Waals surface area contributed by atoms with Gasteiger partial charge in [-0.1, -0.05) is 29.3 Å². The van der Waals surface area contributed by atoms with Crippen LogP contribution in [0.3, 0.4) is 0 Å².